The number of rotatable bonds is 5. The number of sulfonamides is 1. The van der Waals surface area contributed by atoms with Crippen molar-refractivity contribution >= 4 is 21.9 Å². The van der Waals surface area contributed by atoms with Gasteiger partial charge in [0.25, 0.3) is 0 Å². The van der Waals surface area contributed by atoms with E-state index in [1.54, 1.807) is 6.07 Å². The van der Waals surface area contributed by atoms with Gasteiger partial charge in [0, 0.05) is 31.4 Å². The first-order valence-corrected chi connectivity index (χ1v) is 10.2. The number of carbonyl (C=O) groups is 2. The summed E-state index contributed by atoms with van der Waals surface area (Å²) < 4.78 is 26.5. The molecule has 0 aromatic carbocycles. The van der Waals surface area contributed by atoms with E-state index in [-0.39, 0.29) is 29.8 Å². The summed E-state index contributed by atoms with van der Waals surface area (Å²) in [7, 11) is -3.61. The van der Waals surface area contributed by atoms with Gasteiger partial charge in [0.15, 0.2) is 0 Å². The highest BCUT2D eigenvalue weighted by atomic mass is 32.2. The van der Waals surface area contributed by atoms with E-state index in [4.69, 9.17) is 0 Å². The molecule has 0 atom stereocenters. The van der Waals surface area contributed by atoms with E-state index in [2.05, 4.69) is 10.3 Å². The van der Waals surface area contributed by atoms with Gasteiger partial charge in [0.2, 0.25) is 15.9 Å². The summed E-state index contributed by atoms with van der Waals surface area (Å²) in [6, 6.07) is 3.07. The maximum Gasteiger partial charge on any atom is 0.329 e. The number of carboxylic acids is 1. The third kappa shape index (κ3) is 3.59. The molecule has 1 aliphatic heterocycles. The molecule has 0 bridgehead atoms. The lowest BCUT2D eigenvalue weighted by molar-refractivity contribution is -0.148. The van der Waals surface area contributed by atoms with Gasteiger partial charge in [-0.3, -0.25) is 9.78 Å². The van der Waals surface area contributed by atoms with E-state index in [0.29, 0.717) is 25.7 Å². The first kappa shape index (κ1) is 18.8. The number of pyridine rings is 1. The van der Waals surface area contributed by atoms with Crippen LogP contribution in [0.25, 0.3) is 0 Å². The Morgan fingerprint density at radius 3 is 2.42 bits per heavy atom. The second-order valence-corrected chi connectivity index (χ2v) is 8.89. The van der Waals surface area contributed by atoms with Crippen LogP contribution < -0.4 is 5.32 Å². The lowest BCUT2D eigenvalue weighted by Gasteiger charge is -2.33. The van der Waals surface area contributed by atoms with Crippen LogP contribution in [-0.4, -0.2) is 53.3 Å². The molecule has 9 heteroatoms. The Morgan fingerprint density at radius 1 is 1.23 bits per heavy atom. The SMILES string of the molecule is O=C(NC1(C(=O)O)CCCC1)C1CCN(S(=O)(=O)c2cccnc2)CC1. The number of piperidine rings is 1. The Hall–Kier alpha value is -2.00. The zero-order valence-corrected chi connectivity index (χ0v) is 15.2. The van der Waals surface area contributed by atoms with Crippen LogP contribution in [0, 0.1) is 5.92 Å². The predicted molar refractivity (Wildman–Crippen MR) is 92.7 cm³/mol. The lowest BCUT2D eigenvalue weighted by atomic mass is 9.92. The number of aliphatic carboxylic acids is 1. The second-order valence-electron chi connectivity index (χ2n) is 6.95. The van der Waals surface area contributed by atoms with Gasteiger partial charge in [-0.25, -0.2) is 13.2 Å². The first-order valence-electron chi connectivity index (χ1n) is 8.81. The summed E-state index contributed by atoms with van der Waals surface area (Å²) in [5, 5.41) is 12.2. The highest BCUT2D eigenvalue weighted by Gasteiger charge is 2.44. The van der Waals surface area contributed by atoms with E-state index in [9.17, 15) is 23.1 Å². The topological polar surface area (TPSA) is 117 Å². The molecular formula is C17H23N3O5S. The second kappa shape index (κ2) is 7.32. The molecule has 1 aliphatic carbocycles. The van der Waals surface area contributed by atoms with Gasteiger partial charge in [0.1, 0.15) is 10.4 Å². The predicted octanol–water partition coefficient (Wildman–Crippen LogP) is 0.996. The monoisotopic (exact) mass is 381 g/mol. The fourth-order valence-corrected chi connectivity index (χ4v) is 5.15. The third-order valence-corrected chi connectivity index (χ3v) is 7.21. The van der Waals surface area contributed by atoms with Crippen LogP contribution in [0.2, 0.25) is 0 Å². The van der Waals surface area contributed by atoms with E-state index in [1.807, 2.05) is 0 Å². The third-order valence-electron chi connectivity index (χ3n) is 5.33. The summed E-state index contributed by atoms with van der Waals surface area (Å²) >= 11 is 0. The molecule has 2 aliphatic rings. The highest BCUT2D eigenvalue weighted by molar-refractivity contribution is 7.89. The molecule has 1 aromatic heterocycles. The minimum atomic E-state index is -3.61. The molecule has 1 saturated carbocycles. The molecule has 3 rings (SSSR count). The van der Waals surface area contributed by atoms with Crippen LogP contribution in [0.1, 0.15) is 38.5 Å². The van der Waals surface area contributed by atoms with Crippen LogP contribution in [0.3, 0.4) is 0 Å². The van der Waals surface area contributed by atoms with Crippen LogP contribution >= 0.6 is 0 Å². The van der Waals surface area contributed by atoms with Gasteiger partial charge in [-0.1, -0.05) is 12.8 Å². The zero-order chi connectivity index (χ0) is 18.8. The molecule has 2 N–H and O–H groups in total. The number of hydrogen-bond donors (Lipinski definition) is 2. The molecule has 26 heavy (non-hydrogen) atoms. The maximum atomic E-state index is 12.6. The number of aromatic nitrogens is 1. The number of carboxylic acid groups (broad SMARTS) is 1. The zero-order valence-electron chi connectivity index (χ0n) is 14.4. The van der Waals surface area contributed by atoms with Gasteiger partial charge >= 0.3 is 5.97 Å². The Labute approximate surface area is 152 Å². The van der Waals surface area contributed by atoms with Crippen LogP contribution in [0.4, 0.5) is 0 Å². The van der Waals surface area contributed by atoms with Crippen molar-refractivity contribution in [2.24, 2.45) is 5.92 Å². The maximum absolute atomic E-state index is 12.6. The van der Waals surface area contributed by atoms with E-state index < -0.39 is 21.5 Å². The Morgan fingerprint density at radius 2 is 1.88 bits per heavy atom. The Bertz CT molecular complexity index is 767. The summed E-state index contributed by atoms with van der Waals surface area (Å²) in [6.07, 6.45) is 6.04. The fourth-order valence-electron chi connectivity index (χ4n) is 3.72. The number of hydrogen-bond acceptors (Lipinski definition) is 5. The first-order chi connectivity index (χ1) is 12.3. The average Bonchev–Trinajstić information content (AvgIpc) is 3.12. The molecule has 0 radical (unpaired) electrons. The van der Waals surface area contributed by atoms with Gasteiger partial charge < -0.3 is 10.4 Å². The molecule has 2 fully saturated rings. The standard InChI is InChI=1S/C17H23N3O5S/c21-15(19-17(16(22)23)7-1-2-8-17)13-5-10-20(11-6-13)26(24,25)14-4-3-9-18-12-14/h3-4,9,12-13H,1-2,5-8,10-11H2,(H,19,21)(H,22,23). The quantitative estimate of drug-likeness (QED) is 0.786. The van der Waals surface area contributed by atoms with E-state index >= 15 is 0 Å². The van der Waals surface area contributed by atoms with Crippen molar-refractivity contribution in [2.75, 3.05) is 13.1 Å². The largest absolute Gasteiger partial charge is 0.480 e. The summed E-state index contributed by atoms with van der Waals surface area (Å²) in [4.78, 5) is 28.1. The van der Waals surface area contributed by atoms with Crippen molar-refractivity contribution in [3.63, 3.8) is 0 Å². The van der Waals surface area contributed by atoms with Crippen LogP contribution in [-0.2, 0) is 19.6 Å². The molecule has 1 saturated heterocycles. The molecule has 0 unspecified atom stereocenters. The smallest absolute Gasteiger partial charge is 0.329 e. The molecular weight excluding hydrogens is 358 g/mol. The minimum absolute atomic E-state index is 0.138. The molecule has 1 aromatic rings. The van der Waals surface area contributed by atoms with Crippen LogP contribution in [0.15, 0.2) is 29.4 Å². The lowest BCUT2D eigenvalue weighted by Crippen LogP contribution is -2.55. The van der Waals surface area contributed by atoms with E-state index in [0.717, 1.165) is 12.8 Å². The van der Waals surface area contributed by atoms with E-state index in [1.165, 1.54) is 22.8 Å². The number of nitrogens with zero attached hydrogens (tertiary/aromatic N) is 2. The summed E-state index contributed by atoms with van der Waals surface area (Å²) in [6.45, 7) is 0.463. The molecule has 0 spiro atoms. The molecule has 1 amide bonds. The molecule has 2 heterocycles. The Kier molecular flexibility index (Phi) is 5.29. The molecule has 142 valence electrons. The Balaban J connectivity index is 1.62. The van der Waals surface area contributed by atoms with Crippen molar-refractivity contribution in [1.82, 2.24) is 14.6 Å². The van der Waals surface area contributed by atoms with Crippen molar-refractivity contribution in [2.45, 2.75) is 49.0 Å². The number of amides is 1. The van der Waals surface area contributed by atoms with Gasteiger partial charge in [0.05, 0.1) is 0 Å². The van der Waals surface area contributed by atoms with Gasteiger partial charge in [-0.2, -0.15) is 4.31 Å². The fraction of sp³-hybridized carbons (Fsp3) is 0.588. The van der Waals surface area contributed by atoms with Crippen molar-refractivity contribution in [1.29, 1.82) is 0 Å². The van der Waals surface area contributed by atoms with Gasteiger partial charge in [-0.15, -0.1) is 0 Å². The summed E-state index contributed by atoms with van der Waals surface area (Å²) in [5.41, 5.74) is -1.16. The number of nitrogens with one attached hydrogen (secondary N) is 1. The normalized spacial score (nSPS) is 21.4. The van der Waals surface area contributed by atoms with Crippen molar-refractivity contribution in [3.05, 3.63) is 24.5 Å². The van der Waals surface area contributed by atoms with Crippen molar-refractivity contribution in [3.8, 4) is 0 Å². The summed E-state index contributed by atoms with van der Waals surface area (Å²) in [5.74, 6) is -1.64. The highest BCUT2D eigenvalue weighted by Crippen LogP contribution is 2.31. The number of carbonyl (C=O) groups excluding carboxylic acids is 1. The van der Waals surface area contributed by atoms with Crippen LogP contribution in [0.5, 0.6) is 0 Å². The van der Waals surface area contributed by atoms with Gasteiger partial charge in [-0.05, 0) is 37.8 Å². The minimum Gasteiger partial charge on any atom is -0.480 e. The average molecular weight is 381 g/mol. The molecule has 8 nitrogen and oxygen atoms in total. The van der Waals surface area contributed by atoms with Crippen molar-refractivity contribution < 1.29 is 23.1 Å².